The number of thiazole rings is 2. The fourth-order valence-corrected chi connectivity index (χ4v) is 6.09. The van der Waals surface area contributed by atoms with Gasteiger partial charge in [0.2, 0.25) is 5.91 Å². The van der Waals surface area contributed by atoms with Crippen LogP contribution in [0.1, 0.15) is 5.56 Å². The first-order valence-corrected chi connectivity index (χ1v) is 12.7. The number of hydrogen-bond acceptors (Lipinski definition) is 7. The quantitative estimate of drug-likeness (QED) is 0.332. The van der Waals surface area contributed by atoms with Crippen LogP contribution in [0.4, 0.5) is 10.8 Å². The van der Waals surface area contributed by atoms with Gasteiger partial charge >= 0.3 is 0 Å². The summed E-state index contributed by atoms with van der Waals surface area (Å²) in [6, 6.07) is 20.1. The summed E-state index contributed by atoms with van der Waals surface area (Å²) in [6.07, 6.45) is 0. The third-order valence-corrected chi connectivity index (χ3v) is 8.21. The Morgan fingerprint density at radius 1 is 0.971 bits per heavy atom. The molecule has 34 heavy (non-hydrogen) atoms. The molecular formula is C26H22N4O2S2. The van der Waals surface area contributed by atoms with Crippen molar-refractivity contribution in [2.75, 3.05) is 30.4 Å². The van der Waals surface area contributed by atoms with Gasteiger partial charge in [0.1, 0.15) is 10.8 Å². The summed E-state index contributed by atoms with van der Waals surface area (Å²) >= 11 is 3.33. The first-order chi connectivity index (χ1) is 16.6. The van der Waals surface area contributed by atoms with Crippen LogP contribution >= 0.6 is 22.7 Å². The predicted octanol–water partition coefficient (Wildman–Crippen LogP) is 5.96. The molecule has 0 unspecified atom stereocenters. The van der Waals surface area contributed by atoms with Gasteiger partial charge in [0.15, 0.2) is 5.13 Å². The Bertz CT molecular complexity index is 1520. The number of hydrogen-bond donors (Lipinski definition) is 1. The standard InChI is InChI=1S/C26H22N4O2S2/c1-15-3-9-20-23(11-15)33-25(28-20)16-4-6-18(7-5-16)27-24(31)17-13-30(14-17)26-29-21-12-19(32-2)8-10-22(21)34-26/h3-12,17H,13-14H2,1-2H3,(H,27,31). The van der Waals surface area contributed by atoms with E-state index >= 15 is 0 Å². The number of anilines is 2. The van der Waals surface area contributed by atoms with E-state index < -0.39 is 0 Å². The van der Waals surface area contributed by atoms with Gasteiger partial charge in [-0.3, -0.25) is 4.79 Å². The molecular weight excluding hydrogens is 464 g/mol. The zero-order chi connectivity index (χ0) is 23.2. The van der Waals surface area contributed by atoms with Crippen molar-refractivity contribution in [3.8, 4) is 16.3 Å². The fraction of sp³-hybridized carbons (Fsp3) is 0.192. The lowest BCUT2D eigenvalue weighted by atomic mass is 10.00. The normalized spacial score (nSPS) is 13.9. The summed E-state index contributed by atoms with van der Waals surface area (Å²) in [7, 11) is 1.66. The summed E-state index contributed by atoms with van der Waals surface area (Å²) in [6.45, 7) is 3.44. The molecule has 8 heteroatoms. The SMILES string of the molecule is COc1ccc2sc(N3CC(C(=O)Nc4ccc(-c5nc6ccc(C)cc6s5)cc4)C3)nc2c1. The van der Waals surface area contributed by atoms with E-state index in [2.05, 4.69) is 35.3 Å². The molecule has 1 aliphatic rings. The molecule has 0 atom stereocenters. The summed E-state index contributed by atoms with van der Waals surface area (Å²) < 4.78 is 7.59. The number of carbonyl (C=O) groups is 1. The Morgan fingerprint density at radius 2 is 1.79 bits per heavy atom. The summed E-state index contributed by atoms with van der Waals surface area (Å²) in [4.78, 5) is 24.4. The number of methoxy groups -OCH3 is 1. The summed E-state index contributed by atoms with van der Waals surface area (Å²) in [5.74, 6) is 0.797. The van der Waals surface area contributed by atoms with E-state index in [1.54, 1.807) is 29.8 Å². The molecule has 6 rings (SSSR count). The Kier molecular flexibility index (Phi) is 5.19. The number of carbonyl (C=O) groups excluding carboxylic acids is 1. The molecule has 0 bridgehead atoms. The fourth-order valence-electron chi connectivity index (χ4n) is 4.05. The largest absolute Gasteiger partial charge is 0.497 e. The highest BCUT2D eigenvalue weighted by atomic mass is 32.1. The molecule has 0 radical (unpaired) electrons. The highest BCUT2D eigenvalue weighted by Crippen LogP contribution is 2.35. The van der Waals surface area contributed by atoms with E-state index in [9.17, 15) is 4.79 Å². The minimum atomic E-state index is -0.0475. The molecule has 6 nitrogen and oxygen atoms in total. The zero-order valence-corrected chi connectivity index (χ0v) is 20.4. The van der Waals surface area contributed by atoms with Crippen LogP contribution in [0.25, 0.3) is 31.0 Å². The number of nitrogens with one attached hydrogen (secondary N) is 1. The maximum atomic E-state index is 12.7. The predicted molar refractivity (Wildman–Crippen MR) is 140 cm³/mol. The van der Waals surface area contributed by atoms with Crippen molar-refractivity contribution in [1.82, 2.24) is 9.97 Å². The van der Waals surface area contributed by atoms with Crippen molar-refractivity contribution in [3.63, 3.8) is 0 Å². The molecule has 1 saturated heterocycles. The molecule has 2 aromatic heterocycles. The molecule has 1 aliphatic heterocycles. The molecule has 5 aromatic rings. The van der Waals surface area contributed by atoms with Crippen molar-refractivity contribution >= 4 is 59.8 Å². The third kappa shape index (κ3) is 3.89. The summed E-state index contributed by atoms with van der Waals surface area (Å²) in [5.41, 5.74) is 5.04. The smallest absolute Gasteiger partial charge is 0.231 e. The second kappa shape index (κ2) is 8.38. The van der Waals surface area contributed by atoms with Gasteiger partial charge in [0, 0.05) is 30.4 Å². The van der Waals surface area contributed by atoms with Gasteiger partial charge in [-0.2, -0.15) is 0 Å². The molecule has 0 aliphatic carbocycles. The Balaban J connectivity index is 1.09. The molecule has 1 amide bonds. The van der Waals surface area contributed by atoms with Crippen molar-refractivity contribution in [1.29, 1.82) is 0 Å². The maximum Gasteiger partial charge on any atom is 0.231 e. The van der Waals surface area contributed by atoms with E-state index in [4.69, 9.17) is 14.7 Å². The first kappa shape index (κ1) is 21.1. The van der Waals surface area contributed by atoms with Gasteiger partial charge in [-0.15, -0.1) is 11.3 Å². The number of fused-ring (bicyclic) bond motifs is 2. The highest BCUT2D eigenvalue weighted by Gasteiger charge is 2.34. The monoisotopic (exact) mass is 486 g/mol. The number of aromatic nitrogens is 2. The van der Waals surface area contributed by atoms with Gasteiger partial charge in [-0.05, 0) is 61.0 Å². The number of amides is 1. The van der Waals surface area contributed by atoms with Crippen LogP contribution in [-0.4, -0.2) is 36.1 Å². The van der Waals surface area contributed by atoms with Gasteiger partial charge < -0.3 is 15.0 Å². The van der Waals surface area contributed by atoms with Gasteiger partial charge in [0.25, 0.3) is 0 Å². The first-order valence-electron chi connectivity index (χ1n) is 11.0. The topological polar surface area (TPSA) is 67.3 Å². The average molecular weight is 487 g/mol. The van der Waals surface area contributed by atoms with Gasteiger partial charge in [-0.1, -0.05) is 17.4 Å². The van der Waals surface area contributed by atoms with Crippen LogP contribution in [0.15, 0.2) is 60.7 Å². The highest BCUT2D eigenvalue weighted by molar-refractivity contribution is 7.22. The molecule has 0 spiro atoms. The lowest BCUT2D eigenvalue weighted by molar-refractivity contribution is -0.120. The maximum absolute atomic E-state index is 12.7. The van der Waals surface area contributed by atoms with Gasteiger partial charge in [0.05, 0.1) is 33.5 Å². The lowest BCUT2D eigenvalue weighted by Gasteiger charge is -2.37. The molecule has 3 aromatic carbocycles. The van der Waals surface area contributed by atoms with Crippen LogP contribution < -0.4 is 15.0 Å². The zero-order valence-electron chi connectivity index (χ0n) is 18.7. The molecule has 1 fully saturated rings. The van der Waals surface area contributed by atoms with E-state index in [0.29, 0.717) is 13.1 Å². The van der Waals surface area contributed by atoms with E-state index in [-0.39, 0.29) is 11.8 Å². The van der Waals surface area contributed by atoms with E-state index in [1.165, 1.54) is 10.3 Å². The minimum absolute atomic E-state index is 0.0437. The number of rotatable bonds is 5. The van der Waals surface area contributed by atoms with Crippen LogP contribution in [0, 0.1) is 12.8 Å². The number of benzene rings is 3. The lowest BCUT2D eigenvalue weighted by Crippen LogP contribution is -2.52. The van der Waals surface area contributed by atoms with Crippen LogP contribution in [0.2, 0.25) is 0 Å². The van der Waals surface area contributed by atoms with Crippen molar-refractivity contribution < 1.29 is 9.53 Å². The second-order valence-corrected chi connectivity index (χ2v) is 10.5. The van der Waals surface area contributed by atoms with E-state index in [1.807, 2.05) is 42.5 Å². The van der Waals surface area contributed by atoms with Crippen LogP contribution in [0.5, 0.6) is 5.75 Å². The van der Waals surface area contributed by atoms with Crippen molar-refractivity contribution in [2.45, 2.75) is 6.92 Å². The van der Waals surface area contributed by atoms with Crippen LogP contribution in [0.3, 0.4) is 0 Å². The molecule has 1 N–H and O–H groups in total. The van der Waals surface area contributed by atoms with Gasteiger partial charge in [-0.25, -0.2) is 9.97 Å². The second-order valence-electron chi connectivity index (χ2n) is 8.49. The summed E-state index contributed by atoms with van der Waals surface area (Å²) in [5, 5.41) is 4.99. The van der Waals surface area contributed by atoms with Crippen LogP contribution in [-0.2, 0) is 4.79 Å². The molecule has 3 heterocycles. The van der Waals surface area contributed by atoms with E-state index in [0.717, 1.165) is 42.9 Å². The molecule has 0 saturated carbocycles. The Labute approximate surface area is 204 Å². The van der Waals surface area contributed by atoms with Crippen molar-refractivity contribution in [2.24, 2.45) is 5.92 Å². The van der Waals surface area contributed by atoms with Crippen molar-refractivity contribution in [3.05, 3.63) is 66.2 Å². The number of aryl methyl sites for hydroxylation is 1. The Hall–Kier alpha value is -3.49. The minimum Gasteiger partial charge on any atom is -0.497 e. The number of ether oxygens (including phenoxy) is 1. The third-order valence-electron chi connectivity index (χ3n) is 6.05. The number of nitrogens with zero attached hydrogens (tertiary/aromatic N) is 3. The molecule has 170 valence electrons. The Morgan fingerprint density at radius 3 is 2.59 bits per heavy atom. The average Bonchev–Trinajstić information content (AvgIpc) is 3.41.